The molecule has 1 aliphatic rings. The lowest BCUT2D eigenvalue weighted by Gasteiger charge is -2.26. The first kappa shape index (κ1) is 15.3. The van der Waals surface area contributed by atoms with E-state index in [-0.39, 0.29) is 24.6 Å². The Labute approximate surface area is 124 Å². The maximum Gasteiger partial charge on any atom is 0.319 e. The average molecular weight is 291 g/mol. The molecule has 0 spiro atoms. The highest BCUT2D eigenvalue weighted by atomic mass is 16.5. The Kier molecular flexibility index (Phi) is 5.16. The monoisotopic (exact) mass is 291 g/mol. The molecule has 3 N–H and O–H groups in total. The molecule has 1 aliphatic carbocycles. The standard InChI is InChI=1S/C15H21N3O3/c1-10-6-7-12(16-14(19)9-21-2)8-13(10)18-15(20)17-11-4-3-5-11/h6-8,11H,3-5,9H2,1-2H3,(H,16,19)(H2,17,18,20). The second-order valence-electron chi connectivity index (χ2n) is 5.24. The van der Waals surface area contributed by atoms with Crippen LogP contribution in [-0.2, 0) is 9.53 Å². The molecule has 0 saturated heterocycles. The van der Waals surface area contributed by atoms with E-state index in [1.165, 1.54) is 13.5 Å². The number of nitrogens with one attached hydrogen (secondary N) is 3. The first-order valence-electron chi connectivity index (χ1n) is 7.05. The molecule has 0 heterocycles. The van der Waals surface area contributed by atoms with Gasteiger partial charge < -0.3 is 20.7 Å². The molecule has 3 amide bonds. The second-order valence-corrected chi connectivity index (χ2v) is 5.24. The van der Waals surface area contributed by atoms with E-state index in [0.29, 0.717) is 11.4 Å². The summed E-state index contributed by atoms with van der Waals surface area (Å²) in [6.07, 6.45) is 3.25. The van der Waals surface area contributed by atoms with Gasteiger partial charge in [-0.1, -0.05) is 6.07 Å². The van der Waals surface area contributed by atoms with E-state index in [0.717, 1.165) is 18.4 Å². The van der Waals surface area contributed by atoms with Gasteiger partial charge in [-0.15, -0.1) is 0 Å². The summed E-state index contributed by atoms with van der Waals surface area (Å²) in [5.74, 6) is -0.230. The van der Waals surface area contributed by atoms with Crippen LogP contribution in [0.4, 0.5) is 16.2 Å². The summed E-state index contributed by atoms with van der Waals surface area (Å²) in [6.45, 7) is 1.90. The third-order valence-corrected chi connectivity index (χ3v) is 3.49. The van der Waals surface area contributed by atoms with Gasteiger partial charge in [-0.2, -0.15) is 0 Å². The van der Waals surface area contributed by atoms with Crippen LogP contribution in [0.3, 0.4) is 0 Å². The third kappa shape index (κ3) is 4.46. The minimum atomic E-state index is -0.230. The fraction of sp³-hybridized carbons (Fsp3) is 0.467. The Hall–Kier alpha value is -2.08. The van der Waals surface area contributed by atoms with Gasteiger partial charge in [-0.05, 0) is 43.9 Å². The molecule has 6 heteroatoms. The van der Waals surface area contributed by atoms with E-state index in [1.807, 2.05) is 13.0 Å². The molecule has 0 aromatic heterocycles. The van der Waals surface area contributed by atoms with E-state index in [4.69, 9.17) is 4.74 Å². The van der Waals surface area contributed by atoms with Gasteiger partial charge in [-0.3, -0.25) is 4.79 Å². The third-order valence-electron chi connectivity index (χ3n) is 3.49. The number of hydrogen-bond donors (Lipinski definition) is 3. The Morgan fingerprint density at radius 1 is 1.29 bits per heavy atom. The van der Waals surface area contributed by atoms with Gasteiger partial charge in [0.1, 0.15) is 6.61 Å². The summed E-state index contributed by atoms with van der Waals surface area (Å²) in [5.41, 5.74) is 2.24. The van der Waals surface area contributed by atoms with Gasteiger partial charge in [0.25, 0.3) is 0 Å². The molecule has 0 aliphatic heterocycles. The fourth-order valence-corrected chi connectivity index (χ4v) is 2.06. The Morgan fingerprint density at radius 2 is 2.05 bits per heavy atom. The van der Waals surface area contributed by atoms with Crippen molar-refractivity contribution in [1.29, 1.82) is 0 Å². The number of anilines is 2. The van der Waals surface area contributed by atoms with Crippen LogP contribution in [-0.4, -0.2) is 31.7 Å². The highest BCUT2D eigenvalue weighted by molar-refractivity contribution is 5.94. The molecule has 0 bridgehead atoms. The molecule has 1 aromatic rings. The fourth-order valence-electron chi connectivity index (χ4n) is 2.06. The van der Waals surface area contributed by atoms with E-state index in [9.17, 15) is 9.59 Å². The van der Waals surface area contributed by atoms with Gasteiger partial charge in [0.15, 0.2) is 0 Å². The summed E-state index contributed by atoms with van der Waals surface area (Å²) < 4.78 is 4.77. The normalized spacial score (nSPS) is 14.2. The number of aryl methyl sites for hydroxylation is 1. The summed E-state index contributed by atoms with van der Waals surface area (Å²) in [7, 11) is 1.46. The van der Waals surface area contributed by atoms with Crippen LogP contribution in [0.2, 0.25) is 0 Å². The molecule has 2 rings (SSSR count). The van der Waals surface area contributed by atoms with Gasteiger partial charge in [0.2, 0.25) is 5.91 Å². The molecular formula is C15H21N3O3. The van der Waals surface area contributed by atoms with Crippen molar-refractivity contribution in [2.75, 3.05) is 24.4 Å². The largest absolute Gasteiger partial charge is 0.375 e. The highest BCUT2D eigenvalue weighted by Crippen LogP contribution is 2.21. The van der Waals surface area contributed by atoms with E-state index in [2.05, 4.69) is 16.0 Å². The Balaban J connectivity index is 1.97. The molecule has 0 unspecified atom stereocenters. The number of urea groups is 1. The number of carbonyl (C=O) groups excluding carboxylic acids is 2. The quantitative estimate of drug-likeness (QED) is 0.778. The molecule has 21 heavy (non-hydrogen) atoms. The van der Waals surface area contributed by atoms with Crippen LogP contribution in [0, 0.1) is 6.92 Å². The zero-order valence-corrected chi connectivity index (χ0v) is 12.4. The number of ether oxygens (including phenoxy) is 1. The second kappa shape index (κ2) is 7.08. The van der Waals surface area contributed by atoms with Crippen LogP contribution >= 0.6 is 0 Å². The topological polar surface area (TPSA) is 79.5 Å². The maximum atomic E-state index is 11.9. The van der Waals surface area contributed by atoms with Crippen molar-refractivity contribution in [1.82, 2.24) is 5.32 Å². The van der Waals surface area contributed by atoms with Crippen molar-refractivity contribution >= 4 is 23.3 Å². The highest BCUT2D eigenvalue weighted by Gasteiger charge is 2.19. The number of carbonyl (C=O) groups is 2. The predicted octanol–water partition coefficient (Wildman–Crippen LogP) is 2.25. The molecular weight excluding hydrogens is 270 g/mol. The number of amides is 3. The van der Waals surface area contributed by atoms with Crippen LogP contribution in [0.1, 0.15) is 24.8 Å². The lowest BCUT2D eigenvalue weighted by molar-refractivity contribution is -0.119. The molecule has 0 radical (unpaired) electrons. The van der Waals surface area contributed by atoms with Crippen LogP contribution in [0.5, 0.6) is 0 Å². The average Bonchev–Trinajstić information content (AvgIpc) is 2.38. The molecule has 1 saturated carbocycles. The first-order valence-corrected chi connectivity index (χ1v) is 7.05. The van der Waals surface area contributed by atoms with E-state index >= 15 is 0 Å². The van der Waals surface area contributed by atoms with E-state index < -0.39 is 0 Å². The van der Waals surface area contributed by atoms with Crippen molar-refractivity contribution in [3.05, 3.63) is 23.8 Å². The predicted molar refractivity (Wildman–Crippen MR) is 81.5 cm³/mol. The van der Waals surface area contributed by atoms with Crippen molar-refractivity contribution < 1.29 is 14.3 Å². The summed E-state index contributed by atoms with van der Waals surface area (Å²) >= 11 is 0. The smallest absolute Gasteiger partial charge is 0.319 e. The Bertz CT molecular complexity index is 527. The maximum absolute atomic E-state index is 11.9. The molecule has 0 atom stereocenters. The van der Waals surface area contributed by atoms with Crippen molar-refractivity contribution in [3.63, 3.8) is 0 Å². The zero-order valence-electron chi connectivity index (χ0n) is 12.4. The molecule has 1 aromatic carbocycles. The van der Waals surface area contributed by atoms with Crippen LogP contribution in [0.15, 0.2) is 18.2 Å². The summed E-state index contributed by atoms with van der Waals surface area (Å²) in [5, 5.41) is 8.45. The summed E-state index contributed by atoms with van der Waals surface area (Å²) in [4.78, 5) is 23.4. The number of hydrogen-bond acceptors (Lipinski definition) is 3. The van der Waals surface area contributed by atoms with Crippen molar-refractivity contribution in [3.8, 4) is 0 Å². The number of benzene rings is 1. The Morgan fingerprint density at radius 3 is 2.67 bits per heavy atom. The van der Waals surface area contributed by atoms with Crippen molar-refractivity contribution in [2.45, 2.75) is 32.2 Å². The van der Waals surface area contributed by atoms with Crippen LogP contribution < -0.4 is 16.0 Å². The van der Waals surface area contributed by atoms with Crippen molar-refractivity contribution in [2.24, 2.45) is 0 Å². The SMILES string of the molecule is COCC(=O)Nc1ccc(C)c(NC(=O)NC2CCC2)c1. The number of methoxy groups -OCH3 is 1. The van der Waals surface area contributed by atoms with Gasteiger partial charge in [0, 0.05) is 24.5 Å². The van der Waals surface area contributed by atoms with Crippen LogP contribution in [0.25, 0.3) is 0 Å². The summed E-state index contributed by atoms with van der Waals surface area (Å²) in [6, 6.07) is 5.46. The molecule has 114 valence electrons. The first-order chi connectivity index (χ1) is 10.1. The minimum absolute atomic E-state index is 0.00119. The van der Waals surface area contributed by atoms with Gasteiger partial charge in [-0.25, -0.2) is 4.79 Å². The van der Waals surface area contributed by atoms with E-state index in [1.54, 1.807) is 12.1 Å². The lowest BCUT2D eigenvalue weighted by atomic mass is 9.93. The molecule has 1 fully saturated rings. The lowest BCUT2D eigenvalue weighted by Crippen LogP contribution is -2.41. The minimum Gasteiger partial charge on any atom is -0.375 e. The number of rotatable bonds is 5. The molecule has 6 nitrogen and oxygen atoms in total. The van der Waals surface area contributed by atoms with Gasteiger partial charge >= 0.3 is 6.03 Å². The zero-order chi connectivity index (χ0) is 15.2. The van der Waals surface area contributed by atoms with Gasteiger partial charge in [0.05, 0.1) is 0 Å².